The summed E-state index contributed by atoms with van der Waals surface area (Å²) >= 11 is 0. The van der Waals surface area contributed by atoms with Crippen molar-refractivity contribution in [3.05, 3.63) is 4.91 Å². The van der Waals surface area contributed by atoms with Crippen LogP contribution in [-0.2, 0) is 0 Å². The summed E-state index contributed by atoms with van der Waals surface area (Å²) in [5.74, 6) is 0. The molecule has 0 aliphatic heterocycles. The van der Waals surface area contributed by atoms with E-state index in [4.69, 9.17) is 10.1 Å². The van der Waals surface area contributed by atoms with Crippen LogP contribution in [-0.4, -0.2) is 153 Å². The Morgan fingerprint density at radius 2 is 0.875 bits per heavy atom. The molecule has 0 aliphatic rings. The van der Waals surface area contributed by atoms with E-state index in [-0.39, 0.29) is 148 Å². The van der Waals surface area contributed by atoms with Crippen molar-refractivity contribution >= 4 is 148 Å². The third-order valence-electron chi connectivity index (χ3n) is 0. The summed E-state index contributed by atoms with van der Waals surface area (Å²) in [7, 11) is 0. The van der Waals surface area contributed by atoms with E-state index in [2.05, 4.69) is 0 Å². The van der Waals surface area contributed by atoms with Gasteiger partial charge in [-0.1, -0.05) is 0 Å². The Morgan fingerprint density at radius 3 is 0.875 bits per heavy atom. The minimum atomic E-state index is 0. The molecule has 0 heterocycles. The molecule has 0 fully saturated rings. The summed E-state index contributed by atoms with van der Waals surface area (Å²) in [5, 5.41) is 7.89. The van der Waals surface area contributed by atoms with Gasteiger partial charge in [0.1, 0.15) is 0 Å². The molecule has 0 amide bonds. The number of rotatable bonds is 0. The molecule has 0 rings (SSSR count). The Balaban J connectivity index is -0.00000000200. The van der Waals surface area contributed by atoms with Gasteiger partial charge in [0.2, 0.25) is 0 Å². The zero-order valence-electron chi connectivity index (χ0n) is 1.30. The molecular formula is H6NNa5O2. The minimum absolute atomic E-state index is 0. The molecule has 0 aromatic carbocycles. The molecule has 0 aliphatic carbocycles. The van der Waals surface area contributed by atoms with Crippen molar-refractivity contribution in [3.63, 3.8) is 0 Å². The monoisotopic (exact) mass is 167 g/mol. The van der Waals surface area contributed by atoms with Crippen molar-refractivity contribution in [1.29, 1.82) is 0 Å². The second kappa shape index (κ2) is 42.3. The van der Waals surface area contributed by atoms with Gasteiger partial charge in [-0.05, 0) is 0 Å². The summed E-state index contributed by atoms with van der Waals surface area (Å²) in [6.07, 6.45) is 0. The normalized spacial score (nSPS) is 1.50. The molecule has 1 N–H and O–H groups in total. The van der Waals surface area contributed by atoms with Crippen LogP contribution in [0.25, 0.3) is 0 Å². The van der Waals surface area contributed by atoms with Gasteiger partial charge >= 0.3 is 148 Å². The third kappa shape index (κ3) is 47.5. The van der Waals surface area contributed by atoms with Crippen molar-refractivity contribution in [1.82, 2.24) is 0 Å². The van der Waals surface area contributed by atoms with Crippen LogP contribution in [0, 0.1) is 4.91 Å². The molecule has 8 heavy (non-hydrogen) atoms. The summed E-state index contributed by atoms with van der Waals surface area (Å²) in [5.41, 5.74) is 0. The Hall–Kier alpha value is 4.40. The van der Waals surface area contributed by atoms with E-state index in [1.165, 1.54) is 5.34 Å². The fraction of sp³-hybridized carbons (Fsp3) is 0. The SMILES string of the molecule is O=NO.[NaH].[NaH].[NaH].[NaH].[NaH]. The number of nitrogens with zero attached hydrogens (tertiary/aromatic N) is 1. The zero-order valence-corrected chi connectivity index (χ0v) is 1.30. The van der Waals surface area contributed by atoms with E-state index >= 15 is 0 Å². The van der Waals surface area contributed by atoms with Crippen LogP contribution < -0.4 is 0 Å². The van der Waals surface area contributed by atoms with Crippen molar-refractivity contribution in [3.8, 4) is 0 Å². The summed E-state index contributed by atoms with van der Waals surface area (Å²) < 4.78 is 0. The molecule has 0 radical (unpaired) electrons. The van der Waals surface area contributed by atoms with E-state index in [9.17, 15) is 0 Å². The van der Waals surface area contributed by atoms with Gasteiger partial charge in [-0.25, -0.2) is 0 Å². The van der Waals surface area contributed by atoms with Crippen molar-refractivity contribution in [2.45, 2.75) is 0 Å². The predicted octanol–water partition coefficient (Wildman–Crippen LogP) is -3.10. The molecule has 0 atom stereocenters. The molecule has 0 bridgehead atoms. The van der Waals surface area contributed by atoms with Gasteiger partial charge < -0.3 is 5.21 Å². The van der Waals surface area contributed by atoms with Gasteiger partial charge in [0.15, 0.2) is 5.34 Å². The summed E-state index contributed by atoms with van der Waals surface area (Å²) in [4.78, 5) is 8.11. The molecule has 0 saturated carbocycles. The fourth-order valence-electron chi connectivity index (χ4n) is 0. The molecule has 8 heteroatoms. The molecule has 3 nitrogen and oxygen atoms in total. The van der Waals surface area contributed by atoms with Crippen molar-refractivity contribution in [2.75, 3.05) is 0 Å². The van der Waals surface area contributed by atoms with Gasteiger partial charge in [-0.15, -0.1) is 4.91 Å². The summed E-state index contributed by atoms with van der Waals surface area (Å²) in [6.45, 7) is 0. The first-order valence-electron chi connectivity index (χ1n) is 0.383. The summed E-state index contributed by atoms with van der Waals surface area (Å²) in [6, 6.07) is 0. The molecule has 28 valence electrons. The number of hydrogen-bond acceptors (Lipinski definition) is 2. The van der Waals surface area contributed by atoms with Crippen molar-refractivity contribution in [2.24, 2.45) is 5.34 Å². The molecule has 0 saturated heterocycles. The van der Waals surface area contributed by atoms with Crippen LogP contribution in [0.3, 0.4) is 0 Å². The first-order chi connectivity index (χ1) is 1.41. The van der Waals surface area contributed by atoms with Gasteiger partial charge in [-0.2, -0.15) is 0 Å². The average molecular weight is 167 g/mol. The average Bonchev–Trinajstić information content (AvgIpc) is 0.918. The van der Waals surface area contributed by atoms with E-state index in [1.807, 2.05) is 0 Å². The number of hydrogen-bond donors (Lipinski definition) is 1. The van der Waals surface area contributed by atoms with E-state index in [0.29, 0.717) is 0 Å². The van der Waals surface area contributed by atoms with Crippen LogP contribution in [0.15, 0.2) is 5.34 Å². The first kappa shape index (κ1) is 39.3. The molecule has 0 spiro atoms. The Labute approximate surface area is 159 Å². The van der Waals surface area contributed by atoms with E-state index in [1.54, 1.807) is 0 Å². The van der Waals surface area contributed by atoms with Crippen molar-refractivity contribution < 1.29 is 5.21 Å². The Kier molecular flexibility index (Phi) is 208. The first-order valence-corrected chi connectivity index (χ1v) is 0.383. The van der Waals surface area contributed by atoms with Gasteiger partial charge in [0.25, 0.3) is 0 Å². The van der Waals surface area contributed by atoms with Gasteiger partial charge in [-0.3, -0.25) is 0 Å². The zero-order chi connectivity index (χ0) is 2.71. The fourth-order valence-corrected chi connectivity index (χ4v) is 0. The van der Waals surface area contributed by atoms with Crippen LogP contribution in [0.5, 0.6) is 0 Å². The second-order valence-electron chi connectivity index (χ2n) is 0.0816. The Morgan fingerprint density at radius 1 is 0.875 bits per heavy atom. The molecule has 0 aromatic rings. The van der Waals surface area contributed by atoms with Crippen LogP contribution in [0.4, 0.5) is 0 Å². The van der Waals surface area contributed by atoms with Crippen LogP contribution >= 0.6 is 0 Å². The second-order valence-corrected chi connectivity index (χ2v) is 0.0816. The van der Waals surface area contributed by atoms with Gasteiger partial charge in [0, 0.05) is 0 Å². The maximum absolute atomic E-state index is 8.11. The standard InChI is InChI=1S/HNO2.5Na.5H/c2-1-3;;;;;;;;;;/h(H,2,3);;;;;;;;;;. The maximum atomic E-state index is 8.11. The van der Waals surface area contributed by atoms with Crippen LogP contribution in [0.2, 0.25) is 0 Å². The quantitative estimate of drug-likeness (QED) is 0.236. The van der Waals surface area contributed by atoms with Gasteiger partial charge in [0.05, 0.1) is 0 Å². The van der Waals surface area contributed by atoms with E-state index < -0.39 is 0 Å². The van der Waals surface area contributed by atoms with Crippen LogP contribution in [0.1, 0.15) is 0 Å². The predicted molar refractivity (Wildman–Crippen MR) is 43.3 cm³/mol. The Bertz CT molecular complexity index is 17.9. The van der Waals surface area contributed by atoms with E-state index in [0.717, 1.165) is 0 Å². The molecule has 0 unspecified atom stereocenters. The topological polar surface area (TPSA) is 49.7 Å². The molecule has 0 aromatic heterocycles. The third-order valence-corrected chi connectivity index (χ3v) is 0. The molecular weight excluding hydrogens is 161 g/mol.